The van der Waals surface area contributed by atoms with Gasteiger partial charge in [0.1, 0.15) is 5.76 Å². The number of rotatable bonds is 1. The number of aromatic nitrogens is 1. The van der Waals surface area contributed by atoms with Crippen LogP contribution in [0.25, 0.3) is 0 Å². The van der Waals surface area contributed by atoms with E-state index >= 15 is 0 Å². The first-order valence-corrected chi connectivity index (χ1v) is 5.86. The minimum Gasteiger partial charge on any atom is -0.445 e. The molecule has 1 heterocycles. The van der Waals surface area contributed by atoms with Gasteiger partial charge >= 0.3 is 0 Å². The van der Waals surface area contributed by atoms with Gasteiger partial charge in [0.2, 0.25) is 0 Å². The highest BCUT2D eigenvalue weighted by Crippen LogP contribution is 2.35. The zero-order valence-corrected chi connectivity index (χ0v) is 11.9. The third-order valence-electron chi connectivity index (χ3n) is 2.45. The summed E-state index contributed by atoms with van der Waals surface area (Å²) in [5.74, 6) is 0.622. The predicted octanol–water partition coefficient (Wildman–Crippen LogP) is 4.39. The Morgan fingerprint density at radius 3 is 1.81 bits per heavy atom. The Labute approximate surface area is 101 Å². The average Bonchev–Trinajstić information content (AvgIpc) is 2.42. The predicted molar refractivity (Wildman–Crippen MR) is 68.0 cm³/mol. The van der Waals surface area contributed by atoms with E-state index in [2.05, 4.69) is 46.5 Å². The van der Waals surface area contributed by atoms with E-state index in [-0.39, 0.29) is 10.8 Å². The molecule has 0 unspecified atom stereocenters. The highest BCUT2D eigenvalue weighted by Gasteiger charge is 2.31. The van der Waals surface area contributed by atoms with Gasteiger partial charge in [0.05, 0.1) is 5.69 Å². The fourth-order valence-electron chi connectivity index (χ4n) is 1.55. The van der Waals surface area contributed by atoms with Crippen LogP contribution in [0.4, 0.5) is 0 Å². The van der Waals surface area contributed by atoms with Crippen molar-refractivity contribution in [1.29, 1.82) is 0 Å². The summed E-state index contributed by atoms with van der Waals surface area (Å²) in [7, 11) is 0. The average molecular weight is 225 g/mol. The van der Waals surface area contributed by atoms with Crippen molar-refractivity contribution in [3.8, 4) is 0 Å². The molecule has 0 saturated heterocycles. The number of hydrogen-bond donors (Lipinski definition) is 0. The van der Waals surface area contributed by atoms with Crippen LogP contribution in [-0.2, 0) is 10.8 Å². The third-order valence-corrected chi connectivity index (χ3v) is 2.45. The van der Waals surface area contributed by atoms with Gasteiger partial charge in [-0.3, -0.25) is 0 Å². The molecule has 2 nitrogen and oxygen atoms in total. The van der Waals surface area contributed by atoms with E-state index in [9.17, 15) is 0 Å². The normalized spacial score (nSPS) is 15.1. The summed E-state index contributed by atoms with van der Waals surface area (Å²) in [4.78, 5) is 4.57. The van der Waals surface area contributed by atoms with Gasteiger partial charge in [-0.2, -0.15) is 0 Å². The molecule has 0 spiro atoms. The van der Waals surface area contributed by atoms with Gasteiger partial charge in [0.15, 0.2) is 5.89 Å². The fourth-order valence-corrected chi connectivity index (χ4v) is 1.55. The Hall–Kier alpha value is -0.790. The van der Waals surface area contributed by atoms with Crippen molar-refractivity contribution in [2.24, 2.45) is 0 Å². The quantitative estimate of drug-likeness (QED) is 0.708. The van der Waals surface area contributed by atoms with E-state index in [1.165, 1.54) is 0 Å². The summed E-state index contributed by atoms with van der Waals surface area (Å²) in [6.45, 7) is 16.3. The van der Waals surface area contributed by atoms with E-state index in [0.717, 1.165) is 11.5 Å². The molecule has 0 saturated carbocycles. The summed E-state index contributed by atoms with van der Waals surface area (Å²) in [5, 5.41) is 0. The van der Waals surface area contributed by atoms with E-state index in [1.807, 2.05) is 0 Å². The third kappa shape index (κ3) is 2.66. The van der Waals surface area contributed by atoms with E-state index in [0.29, 0.717) is 5.89 Å². The summed E-state index contributed by atoms with van der Waals surface area (Å²) in [6.07, 6.45) is 0. The Bertz CT molecular complexity index is 368. The Kier molecular flexibility index (Phi) is 2.85. The van der Waals surface area contributed by atoms with Crippen LogP contribution in [0.3, 0.4) is 0 Å². The molecule has 0 aromatic carbocycles. The molecule has 1 rings (SSSR count). The Morgan fingerprint density at radius 1 is 1.06 bits per heavy atom. The van der Waals surface area contributed by atoms with Crippen molar-refractivity contribution in [1.82, 2.24) is 4.98 Å². The van der Waals surface area contributed by atoms with Crippen molar-refractivity contribution >= 4 is 0 Å². The van der Waals surface area contributed by atoms with Crippen molar-refractivity contribution in [3.05, 3.63) is 17.3 Å². The van der Waals surface area contributed by atoms with Gasteiger partial charge in [-0.15, -0.1) is 0 Å². The maximum atomic E-state index is 8.04. The smallest absolute Gasteiger partial charge is 0.197 e. The molecule has 0 bridgehead atoms. The second-order valence-electron chi connectivity index (χ2n) is 6.70. The first-order valence-electron chi connectivity index (χ1n) is 6.36. The number of nitrogens with zero attached hydrogens (tertiary/aromatic N) is 1. The molecule has 1 aromatic rings. The molecule has 1 aromatic heterocycles. The maximum absolute atomic E-state index is 8.04. The van der Waals surface area contributed by atoms with Gasteiger partial charge in [-0.05, 0) is 0 Å². The minimum atomic E-state index is -0.788. The van der Waals surface area contributed by atoms with E-state index < -0.39 is 5.89 Å². The molecule has 0 N–H and O–H groups in total. The fraction of sp³-hybridized carbons (Fsp3) is 0.786. The molecular formula is C14H25NO. The lowest BCUT2D eigenvalue weighted by atomic mass is 9.83. The molecule has 0 amide bonds. The molecule has 92 valence electrons. The Balaban J connectivity index is 3.44. The SMILES string of the molecule is [3H]C(C)(C)c1nc(C(C)(C)C)c(C(C)(C)C)o1. The lowest BCUT2D eigenvalue weighted by Gasteiger charge is -2.22. The van der Waals surface area contributed by atoms with Gasteiger partial charge in [0.25, 0.3) is 0 Å². The van der Waals surface area contributed by atoms with Crippen LogP contribution >= 0.6 is 0 Å². The number of hydrogen-bond acceptors (Lipinski definition) is 2. The van der Waals surface area contributed by atoms with Crippen molar-refractivity contribution in [2.75, 3.05) is 0 Å². The minimum absolute atomic E-state index is 0.0599. The van der Waals surface area contributed by atoms with Gasteiger partial charge < -0.3 is 4.42 Å². The molecule has 0 fully saturated rings. The monoisotopic (exact) mass is 225 g/mol. The molecule has 0 aliphatic heterocycles. The van der Waals surface area contributed by atoms with Crippen LogP contribution in [0.15, 0.2) is 4.42 Å². The molecule has 0 aliphatic carbocycles. The summed E-state index contributed by atoms with van der Waals surface area (Å²) in [6, 6.07) is 0. The zero-order valence-electron chi connectivity index (χ0n) is 12.9. The van der Waals surface area contributed by atoms with Crippen LogP contribution in [0.5, 0.6) is 0 Å². The van der Waals surface area contributed by atoms with E-state index in [4.69, 9.17) is 5.79 Å². The van der Waals surface area contributed by atoms with E-state index in [1.54, 1.807) is 13.8 Å². The lowest BCUT2D eigenvalue weighted by Crippen LogP contribution is -2.20. The van der Waals surface area contributed by atoms with Crippen LogP contribution < -0.4 is 0 Å². The van der Waals surface area contributed by atoms with Crippen molar-refractivity contribution in [2.45, 2.75) is 72.1 Å². The first-order chi connectivity index (χ1) is 7.33. The van der Waals surface area contributed by atoms with Crippen molar-refractivity contribution in [3.63, 3.8) is 0 Å². The first kappa shape index (κ1) is 11.7. The maximum Gasteiger partial charge on any atom is 0.197 e. The second kappa shape index (κ2) is 3.90. The molecule has 16 heavy (non-hydrogen) atoms. The summed E-state index contributed by atoms with van der Waals surface area (Å²) < 4.78 is 13.9. The van der Waals surface area contributed by atoms with Crippen LogP contribution in [-0.4, -0.2) is 4.98 Å². The van der Waals surface area contributed by atoms with Crippen molar-refractivity contribution < 1.29 is 5.79 Å². The highest BCUT2D eigenvalue weighted by molar-refractivity contribution is 5.25. The largest absolute Gasteiger partial charge is 0.445 e. The molecular weight excluding hydrogens is 198 g/mol. The van der Waals surface area contributed by atoms with Gasteiger partial charge in [0, 0.05) is 18.1 Å². The Morgan fingerprint density at radius 2 is 1.56 bits per heavy atom. The molecule has 2 heteroatoms. The van der Waals surface area contributed by atoms with Crippen LogP contribution in [0.1, 0.15) is 80.0 Å². The van der Waals surface area contributed by atoms with Gasteiger partial charge in [-0.1, -0.05) is 55.4 Å². The lowest BCUT2D eigenvalue weighted by molar-refractivity contribution is 0.364. The zero-order chi connectivity index (χ0) is 13.6. The van der Waals surface area contributed by atoms with Crippen LogP contribution in [0.2, 0.25) is 0 Å². The molecule has 0 atom stereocenters. The van der Waals surface area contributed by atoms with Crippen LogP contribution in [0, 0.1) is 0 Å². The standard InChI is InChI=1S/C14H25NO/c1-9(2)12-15-10(13(3,4)5)11(16-12)14(6,7)8/h9H,1-8H3/i9T. The second-order valence-corrected chi connectivity index (χ2v) is 6.70. The van der Waals surface area contributed by atoms with Gasteiger partial charge in [-0.25, -0.2) is 4.98 Å². The molecule has 0 aliphatic rings. The molecule has 0 radical (unpaired) electrons. The summed E-state index contributed by atoms with van der Waals surface area (Å²) >= 11 is 0. The number of oxazole rings is 1. The highest BCUT2D eigenvalue weighted by atomic mass is 16.4. The summed E-state index contributed by atoms with van der Waals surface area (Å²) in [5.41, 5.74) is 0.828. The topological polar surface area (TPSA) is 26.0 Å².